The van der Waals surface area contributed by atoms with Crippen LogP contribution in [0.4, 0.5) is 10.8 Å². The number of hydrogen-bond acceptors (Lipinski definition) is 8. The van der Waals surface area contributed by atoms with Crippen molar-refractivity contribution in [2.24, 2.45) is 0 Å². The summed E-state index contributed by atoms with van der Waals surface area (Å²) < 4.78 is 6.69. The third kappa shape index (κ3) is 4.04. The molecule has 3 aromatic rings. The van der Waals surface area contributed by atoms with Crippen LogP contribution in [0, 0.1) is 0 Å². The van der Waals surface area contributed by atoms with Crippen molar-refractivity contribution in [3.63, 3.8) is 0 Å². The highest BCUT2D eigenvalue weighted by molar-refractivity contribution is 7.22. The van der Waals surface area contributed by atoms with Gasteiger partial charge in [-0.3, -0.25) is 14.2 Å². The fraction of sp³-hybridized carbons (Fsp3) is 0.350. The Morgan fingerprint density at radius 2 is 2.00 bits per heavy atom. The van der Waals surface area contributed by atoms with E-state index >= 15 is 0 Å². The maximum absolute atomic E-state index is 12.8. The molecule has 2 aromatic heterocycles. The minimum atomic E-state index is -0.521. The lowest BCUT2D eigenvalue weighted by atomic mass is 10.2. The topological polar surface area (TPSA) is 106 Å². The first-order chi connectivity index (χ1) is 14.6. The number of carbonyl (C=O) groups is 2. The summed E-state index contributed by atoms with van der Waals surface area (Å²) in [6.07, 6.45) is 3.55. The fourth-order valence-electron chi connectivity index (χ4n) is 3.31. The van der Waals surface area contributed by atoms with Crippen molar-refractivity contribution in [2.45, 2.75) is 26.3 Å². The number of anilines is 2. The Hall–Kier alpha value is -3.27. The summed E-state index contributed by atoms with van der Waals surface area (Å²) in [4.78, 5) is 48.3. The van der Waals surface area contributed by atoms with E-state index < -0.39 is 11.9 Å². The van der Waals surface area contributed by atoms with E-state index in [-0.39, 0.29) is 24.3 Å². The van der Waals surface area contributed by atoms with Gasteiger partial charge in [0.25, 0.3) is 5.56 Å². The summed E-state index contributed by atoms with van der Waals surface area (Å²) in [7, 11) is 0. The summed E-state index contributed by atoms with van der Waals surface area (Å²) in [5.41, 5.74) is 0.677. The quantitative estimate of drug-likeness (QED) is 0.602. The predicted molar refractivity (Wildman–Crippen MR) is 114 cm³/mol. The molecule has 0 saturated carbocycles. The molecule has 0 bridgehead atoms. The number of thiazole rings is 1. The first kappa shape index (κ1) is 20.0. The molecule has 0 spiro atoms. The highest BCUT2D eigenvalue weighted by Crippen LogP contribution is 2.27. The van der Waals surface area contributed by atoms with E-state index in [9.17, 15) is 14.4 Å². The van der Waals surface area contributed by atoms with Gasteiger partial charge in [0.05, 0.1) is 17.9 Å². The fourth-order valence-corrected chi connectivity index (χ4v) is 4.34. The SMILES string of the molecule is CCOC(=O)c1ccccc1NC(=O)Cn1cnc2nc(N3CCCC3)sc2c1=O. The summed E-state index contributed by atoms with van der Waals surface area (Å²) in [6, 6.07) is 6.58. The second-order valence-electron chi connectivity index (χ2n) is 6.84. The summed E-state index contributed by atoms with van der Waals surface area (Å²) in [6.45, 7) is 3.57. The number of esters is 1. The van der Waals surface area contributed by atoms with Gasteiger partial charge in [0.15, 0.2) is 10.8 Å². The number of fused-ring (bicyclic) bond motifs is 1. The van der Waals surface area contributed by atoms with Gasteiger partial charge in [0.2, 0.25) is 5.91 Å². The summed E-state index contributed by atoms with van der Waals surface area (Å²) in [5.74, 6) is -0.966. The van der Waals surface area contributed by atoms with Gasteiger partial charge in [-0.25, -0.2) is 9.78 Å². The molecule has 1 aromatic carbocycles. The van der Waals surface area contributed by atoms with Gasteiger partial charge < -0.3 is 15.0 Å². The van der Waals surface area contributed by atoms with E-state index in [1.54, 1.807) is 31.2 Å². The van der Waals surface area contributed by atoms with Gasteiger partial charge >= 0.3 is 5.97 Å². The molecule has 1 fully saturated rings. The Kier molecular flexibility index (Phi) is 5.75. The lowest BCUT2D eigenvalue weighted by molar-refractivity contribution is -0.116. The highest BCUT2D eigenvalue weighted by Gasteiger charge is 2.20. The van der Waals surface area contributed by atoms with Gasteiger partial charge in [0.1, 0.15) is 17.6 Å². The van der Waals surface area contributed by atoms with E-state index in [1.165, 1.54) is 22.2 Å². The Bertz CT molecular complexity index is 1150. The van der Waals surface area contributed by atoms with Crippen molar-refractivity contribution >= 4 is 44.4 Å². The average Bonchev–Trinajstić information content (AvgIpc) is 3.40. The zero-order chi connectivity index (χ0) is 21.1. The van der Waals surface area contributed by atoms with E-state index in [2.05, 4.69) is 20.2 Å². The minimum Gasteiger partial charge on any atom is -0.462 e. The predicted octanol–water partition coefficient (Wildman–Crippen LogP) is 2.27. The molecule has 4 rings (SSSR count). The molecule has 9 nitrogen and oxygen atoms in total. The van der Waals surface area contributed by atoms with E-state index in [1.807, 2.05) is 0 Å². The number of carbonyl (C=O) groups excluding carboxylic acids is 2. The molecule has 3 heterocycles. The number of nitrogens with zero attached hydrogens (tertiary/aromatic N) is 4. The molecule has 156 valence electrons. The van der Waals surface area contributed by atoms with Crippen LogP contribution in [0.2, 0.25) is 0 Å². The van der Waals surface area contributed by atoms with Crippen molar-refractivity contribution in [3.8, 4) is 0 Å². The van der Waals surface area contributed by atoms with Gasteiger partial charge in [-0.2, -0.15) is 4.98 Å². The molecular formula is C20H21N5O4S. The number of ether oxygens (including phenoxy) is 1. The molecular weight excluding hydrogens is 406 g/mol. The van der Waals surface area contributed by atoms with Crippen molar-refractivity contribution in [1.82, 2.24) is 14.5 Å². The van der Waals surface area contributed by atoms with Crippen molar-refractivity contribution in [3.05, 3.63) is 46.5 Å². The van der Waals surface area contributed by atoms with Gasteiger partial charge in [-0.1, -0.05) is 23.5 Å². The van der Waals surface area contributed by atoms with E-state index in [0.29, 0.717) is 16.0 Å². The van der Waals surface area contributed by atoms with Crippen LogP contribution in [0.25, 0.3) is 10.3 Å². The van der Waals surface area contributed by atoms with Crippen LogP contribution in [0.1, 0.15) is 30.1 Å². The van der Waals surface area contributed by atoms with Crippen LogP contribution in [-0.2, 0) is 16.1 Å². The smallest absolute Gasteiger partial charge is 0.340 e. The molecule has 0 atom stereocenters. The molecule has 1 amide bonds. The molecule has 0 aliphatic carbocycles. The molecule has 0 unspecified atom stereocenters. The molecule has 1 saturated heterocycles. The van der Waals surface area contributed by atoms with Gasteiger partial charge in [0, 0.05) is 13.1 Å². The van der Waals surface area contributed by atoms with Crippen LogP contribution >= 0.6 is 11.3 Å². The van der Waals surface area contributed by atoms with Crippen LogP contribution < -0.4 is 15.8 Å². The number of para-hydroxylation sites is 1. The standard InChI is InChI=1S/C20H21N5O4S/c1-2-29-19(28)13-7-3-4-8-14(13)22-15(26)11-25-12-21-17-16(18(25)27)30-20(23-17)24-9-5-6-10-24/h3-4,7-8,12H,2,5-6,9-11H2,1H3,(H,22,26). The first-order valence-electron chi connectivity index (χ1n) is 9.73. The number of rotatable bonds is 6. The molecule has 1 aliphatic rings. The minimum absolute atomic E-state index is 0.226. The summed E-state index contributed by atoms with van der Waals surface area (Å²) in [5, 5.41) is 3.47. The second-order valence-corrected chi connectivity index (χ2v) is 7.81. The molecule has 1 N–H and O–H groups in total. The van der Waals surface area contributed by atoms with Crippen molar-refractivity contribution < 1.29 is 14.3 Å². The van der Waals surface area contributed by atoms with E-state index in [4.69, 9.17) is 4.74 Å². The molecule has 0 radical (unpaired) electrons. The second kappa shape index (κ2) is 8.62. The van der Waals surface area contributed by atoms with Crippen LogP contribution in [-0.4, -0.2) is 46.1 Å². The third-order valence-corrected chi connectivity index (χ3v) is 5.85. The van der Waals surface area contributed by atoms with Gasteiger partial charge in [-0.15, -0.1) is 0 Å². The van der Waals surface area contributed by atoms with Crippen molar-refractivity contribution in [2.75, 3.05) is 29.9 Å². The zero-order valence-corrected chi connectivity index (χ0v) is 17.3. The Balaban J connectivity index is 1.53. The largest absolute Gasteiger partial charge is 0.462 e. The Morgan fingerprint density at radius 3 is 2.77 bits per heavy atom. The summed E-state index contributed by atoms with van der Waals surface area (Å²) >= 11 is 1.30. The average molecular weight is 427 g/mol. The number of benzene rings is 1. The zero-order valence-electron chi connectivity index (χ0n) is 16.5. The Morgan fingerprint density at radius 1 is 1.23 bits per heavy atom. The highest BCUT2D eigenvalue weighted by atomic mass is 32.1. The number of hydrogen-bond donors (Lipinski definition) is 1. The maximum Gasteiger partial charge on any atom is 0.340 e. The van der Waals surface area contributed by atoms with Crippen LogP contribution in [0.3, 0.4) is 0 Å². The van der Waals surface area contributed by atoms with Crippen molar-refractivity contribution in [1.29, 1.82) is 0 Å². The molecule has 1 aliphatic heterocycles. The number of aromatic nitrogens is 3. The molecule has 30 heavy (non-hydrogen) atoms. The third-order valence-electron chi connectivity index (χ3n) is 4.76. The number of nitrogens with one attached hydrogen (secondary N) is 1. The lowest BCUT2D eigenvalue weighted by Gasteiger charge is -2.11. The normalized spacial score (nSPS) is 13.6. The number of amides is 1. The Labute approximate surface area is 176 Å². The lowest BCUT2D eigenvalue weighted by Crippen LogP contribution is -2.28. The monoisotopic (exact) mass is 427 g/mol. The maximum atomic E-state index is 12.8. The van der Waals surface area contributed by atoms with E-state index in [0.717, 1.165) is 31.1 Å². The van der Waals surface area contributed by atoms with Gasteiger partial charge in [-0.05, 0) is 31.9 Å². The first-order valence-corrected chi connectivity index (χ1v) is 10.6. The van der Waals surface area contributed by atoms with Crippen LogP contribution in [0.5, 0.6) is 0 Å². The van der Waals surface area contributed by atoms with Crippen LogP contribution in [0.15, 0.2) is 35.4 Å². The molecule has 10 heteroatoms.